The van der Waals surface area contributed by atoms with E-state index in [2.05, 4.69) is 18.9 Å². The second-order valence-electron chi connectivity index (χ2n) is 3.96. The zero-order valence-electron chi connectivity index (χ0n) is 11.7. The Labute approximate surface area is 88.8 Å². The largest absolute Gasteiger partial charge is 0.275 e. The first-order valence-corrected chi connectivity index (χ1v) is 4.80. The first kappa shape index (κ1) is 6.23. The third-order valence-corrected chi connectivity index (χ3v) is 2.53. The first-order chi connectivity index (χ1) is 7.80. The van der Waals surface area contributed by atoms with E-state index in [1.165, 1.54) is 0 Å². The maximum atomic E-state index is 7.39. The maximum absolute atomic E-state index is 7.39. The zero-order valence-corrected chi connectivity index (χ0v) is 8.70. The summed E-state index contributed by atoms with van der Waals surface area (Å²) in [6.07, 6.45) is 1.63. The summed E-state index contributed by atoms with van der Waals surface area (Å²) >= 11 is 0. The van der Waals surface area contributed by atoms with Crippen molar-refractivity contribution in [1.29, 1.82) is 0 Å². The third-order valence-electron chi connectivity index (χ3n) is 2.53. The molecule has 0 aliphatic heterocycles. The lowest BCUT2D eigenvalue weighted by Gasteiger charge is -2.07. The molecule has 1 heterocycles. The predicted molar refractivity (Wildman–Crippen MR) is 59.5 cm³/mol. The van der Waals surface area contributed by atoms with Crippen LogP contribution in [-0.4, -0.2) is 9.78 Å². The van der Waals surface area contributed by atoms with Crippen LogP contribution in [-0.2, 0) is 6.98 Å². The molecule has 0 saturated carbocycles. The van der Waals surface area contributed by atoms with Crippen molar-refractivity contribution in [2.75, 3.05) is 0 Å². The van der Waals surface area contributed by atoms with Crippen LogP contribution in [0.15, 0.2) is 18.3 Å². The Kier molecular flexibility index (Phi) is 1.39. The molecule has 0 saturated heterocycles. The van der Waals surface area contributed by atoms with Crippen LogP contribution in [0.3, 0.4) is 0 Å². The van der Waals surface area contributed by atoms with E-state index in [0.29, 0.717) is 5.92 Å². The molecule has 2 nitrogen and oxygen atoms in total. The van der Waals surface area contributed by atoms with Gasteiger partial charge in [0.25, 0.3) is 0 Å². The van der Waals surface area contributed by atoms with E-state index in [1.807, 2.05) is 19.1 Å². The highest BCUT2D eigenvalue weighted by atomic mass is 15.2. The van der Waals surface area contributed by atoms with Crippen molar-refractivity contribution in [3.63, 3.8) is 0 Å². The molecule has 0 fully saturated rings. The molecule has 2 rings (SSSR count). The molecule has 1 aromatic heterocycles. The van der Waals surface area contributed by atoms with Crippen LogP contribution in [0.2, 0.25) is 0 Å². The van der Waals surface area contributed by atoms with E-state index < -0.39 is 6.98 Å². The zero-order chi connectivity index (χ0) is 12.8. The third kappa shape index (κ3) is 1.31. The van der Waals surface area contributed by atoms with Gasteiger partial charge in [-0.2, -0.15) is 5.10 Å². The maximum Gasteiger partial charge on any atom is 0.0955 e. The minimum absolute atomic E-state index is 0.354. The van der Waals surface area contributed by atoms with Gasteiger partial charge in [0.05, 0.1) is 5.52 Å². The number of hydrogen-bond acceptors (Lipinski definition) is 1. The van der Waals surface area contributed by atoms with Gasteiger partial charge in [0, 0.05) is 22.7 Å². The van der Waals surface area contributed by atoms with E-state index in [9.17, 15) is 0 Å². The average molecular weight is 191 g/mol. The van der Waals surface area contributed by atoms with Gasteiger partial charge in [0.15, 0.2) is 0 Å². The monoisotopic (exact) mass is 191 g/mol. The molecule has 0 bridgehead atoms. The van der Waals surface area contributed by atoms with E-state index in [0.717, 1.165) is 26.7 Å². The van der Waals surface area contributed by atoms with E-state index in [-0.39, 0.29) is 0 Å². The van der Waals surface area contributed by atoms with Crippen LogP contribution >= 0.6 is 0 Å². The second-order valence-corrected chi connectivity index (χ2v) is 3.96. The normalized spacial score (nSPS) is 15.6. The summed E-state index contributed by atoms with van der Waals surface area (Å²) in [5.74, 6) is 0.354. The summed E-state index contributed by atoms with van der Waals surface area (Å²) in [4.78, 5) is 0. The number of nitrogens with zero attached hydrogens (tertiary/aromatic N) is 2. The summed E-state index contributed by atoms with van der Waals surface area (Å²) in [6.45, 7) is 3.93. The van der Waals surface area contributed by atoms with Crippen molar-refractivity contribution in [3.05, 3.63) is 29.5 Å². The fourth-order valence-electron chi connectivity index (χ4n) is 1.76. The molecule has 0 radical (unpaired) electrons. The molecule has 74 valence electrons. The molecule has 0 atom stereocenters. The summed E-state index contributed by atoms with van der Waals surface area (Å²) in [5.41, 5.74) is 2.93. The quantitative estimate of drug-likeness (QED) is 0.677. The number of aromatic nitrogens is 2. The number of aryl methyl sites for hydroxylation is 2. The summed E-state index contributed by atoms with van der Waals surface area (Å²) in [6, 6.07) is 4.04. The molecule has 0 N–H and O–H groups in total. The standard InChI is InChI=1S/C12H16N2/c1-8(2)10-6-5-9(3)12-11(10)7-14(4)13-12/h5-8H,1-4H3/i4D3. The number of rotatable bonds is 1. The van der Waals surface area contributed by atoms with Gasteiger partial charge in [0.2, 0.25) is 0 Å². The van der Waals surface area contributed by atoms with Crippen LogP contribution in [0.4, 0.5) is 0 Å². The van der Waals surface area contributed by atoms with Gasteiger partial charge >= 0.3 is 0 Å². The Morgan fingerprint density at radius 3 is 2.86 bits per heavy atom. The highest BCUT2D eigenvalue weighted by molar-refractivity contribution is 5.85. The lowest BCUT2D eigenvalue weighted by atomic mass is 9.98. The Balaban J connectivity index is 2.74. The molecular weight excluding hydrogens is 172 g/mol. The molecule has 0 spiro atoms. The predicted octanol–water partition coefficient (Wildman–Crippen LogP) is 3.01. The highest BCUT2D eigenvalue weighted by Crippen LogP contribution is 2.26. The molecule has 0 amide bonds. The van der Waals surface area contributed by atoms with Crippen molar-refractivity contribution in [1.82, 2.24) is 9.78 Å². The van der Waals surface area contributed by atoms with Gasteiger partial charge in [-0.25, -0.2) is 0 Å². The van der Waals surface area contributed by atoms with Gasteiger partial charge in [-0.05, 0) is 24.0 Å². The van der Waals surface area contributed by atoms with E-state index >= 15 is 0 Å². The molecule has 0 aliphatic rings. The molecule has 1 aromatic carbocycles. The van der Waals surface area contributed by atoms with Crippen LogP contribution in [0.1, 0.15) is 35.0 Å². The smallest absolute Gasteiger partial charge is 0.0955 e. The Bertz CT molecular complexity index is 553. The Morgan fingerprint density at radius 2 is 2.21 bits per heavy atom. The summed E-state index contributed by atoms with van der Waals surface area (Å²) in [7, 11) is 0. The van der Waals surface area contributed by atoms with Crippen molar-refractivity contribution < 1.29 is 4.11 Å². The van der Waals surface area contributed by atoms with Crippen LogP contribution in [0.5, 0.6) is 0 Å². The van der Waals surface area contributed by atoms with Crippen molar-refractivity contribution in [3.8, 4) is 0 Å². The summed E-state index contributed by atoms with van der Waals surface area (Å²) < 4.78 is 23.2. The second kappa shape index (κ2) is 3.12. The Morgan fingerprint density at radius 1 is 1.43 bits per heavy atom. The van der Waals surface area contributed by atoms with Gasteiger partial charge < -0.3 is 0 Å². The minimum Gasteiger partial charge on any atom is -0.275 e. The molecule has 2 aromatic rings. The van der Waals surface area contributed by atoms with E-state index in [4.69, 9.17) is 4.11 Å². The molecule has 0 aliphatic carbocycles. The van der Waals surface area contributed by atoms with Crippen molar-refractivity contribution in [2.45, 2.75) is 26.7 Å². The number of benzene rings is 1. The van der Waals surface area contributed by atoms with Crippen molar-refractivity contribution >= 4 is 10.9 Å². The van der Waals surface area contributed by atoms with Gasteiger partial charge in [-0.3, -0.25) is 4.68 Å². The fraction of sp³-hybridized carbons (Fsp3) is 0.417. The lowest BCUT2D eigenvalue weighted by molar-refractivity contribution is 0.778. The molecule has 14 heavy (non-hydrogen) atoms. The number of fused-ring (bicyclic) bond motifs is 1. The van der Waals surface area contributed by atoms with Gasteiger partial charge in [-0.15, -0.1) is 0 Å². The summed E-state index contributed by atoms with van der Waals surface area (Å²) in [5, 5.41) is 5.12. The average Bonchev–Trinajstić information content (AvgIpc) is 2.62. The first-order valence-electron chi connectivity index (χ1n) is 6.30. The molecule has 0 unspecified atom stereocenters. The Hall–Kier alpha value is -1.31. The number of hydrogen-bond donors (Lipinski definition) is 0. The molecular formula is C12H16N2. The topological polar surface area (TPSA) is 17.8 Å². The van der Waals surface area contributed by atoms with Crippen LogP contribution in [0.25, 0.3) is 10.9 Å². The van der Waals surface area contributed by atoms with Gasteiger partial charge in [0.1, 0.15) is 0 Å². The van der Waals surface area contributed by atoms with Crippen LogP contribution < -0.4 is 0 Å². The SMILES string of the molecule is [2H]C([2H])([2H])n1cc2c(C(C)C)ccc(C)c2n1. The molecule has 2 heteroatoms. The fourth-order valence-corrected chi connectivity index (χ4v) is 1.76. The minimum atomic E-state index is -2.21. The van der Waals surface area contributed by atoms with Crippen LogP contribution in [0, 0.1) is 6.92 Å². The van der Waals surface area contributed by atoms with Crippen molar-refractivity contribution in [2.24, 2.45) is 6.98 Å². The highest BCUT2D eigenvalue weighted by Gasteiger charge is 2.09. The van der Waals surface area contributed by atoms with Gasteiger partial charge in [-0.1, -0.05) is 26.0 Å². The lowest BCUT2D eigenvalue weighted by Crippen LogP contribution is -1.89. The van der Waals surface area contributed by atoms with E-state index in [1.54, 1.807) is 6.20 Å².